The number of aromatic nitrogens is 2. The molecule has 0 unspecified atom stereocenters. The Bertz CT molecular complexity index is 440. The van der Waals surface area contributed by atoms with Crippen molar-refractivity contribution in [3.8, 4) is 0 Å². The molecule has 0 bridgehead atoms. The minimum absolute atomic E-state index is 0.267. The fourth-order valence-corrected chi connectivity index (χ4v) is 1.97. The highest BCUT2D eigenvalue weighted by Crippen LogP contribution is 2.16. The van der Waals surface area contributed by atoms with Crippen LogP contribution in [0.1, 0.15) is 42.9 Å². The molecular formula is C12H18N4OS. The summed E-state index contributed by atoms with van der Waals surface area (Å²) in [6, 6.07) is 0. The summed E-state index contributed by atoms with van der Waals surface area (Å²) in [4.78, 5) is 20.4. The monoisotopic (exact) mass is 266 g/mol. The lowest BCUT2D eigenvalue weighted by Gasteiger charge is -2.31. The first-order valence-electron chi connectivity index (χ1n) is 5.86. The third-order valence-corrected chi connectivity index (χ3v) is 3.44. The van der Waals surface area contributed by atoms with Gasteiger partial charge in [0, 0.05) is 6.20 Å². The number of carbonyl (C=O) groups is 1. The number of rotatable bonds is 5. The SMILES string of the molecule is CCC(CC)(NC(=O)c1cnc(C)cn1)C(N)=S. The molecule has 1 rings (SSSR count). The van der Waals surface area contributed by atoms with E-state index in [0.29, 0.717) is 17.8 Å². The maximum atomic E-state index is 12.1. The number of thiocarbonyl (C=S) groups is 1. The lowest BCUT2D eigenvalue weighted by molar-refractivity contribution is 0.0914. The van der Waals surface area contributed by atoms with Gasteiger partial charge in [0.25, 0.3) is 5.91 Å². The third kappa shape index (κ3) is 3.01. The topological polar surface area (TPSA) is 80.9 Å². The number of nitrogens with two attached hydrogens (primary N) is 1. The van der Waals surface area contributed by atoms with Crippen molar-refractivity contribution in [1.29, 1.82) is 0 Å². The zero-order valence-corrected chi connectivity index (χ0v) is 11.7. The van der Waals surface area contributed by atoms with Crippen LogP contribution in [0.15, 0.2) is 12.4 Å². The number of aryl methyl sites for hydroxylation is 1. The van der Waals surface area contributed by atoms with E-state index >= 15 is 0 Å². The molecular weight excluding hydrogens is 248 g/mol. The van der Waals surface area contributed by atoms with Crippen LogP contribution in [0.3, 0.4) is 0 Å². The highest BCUT2D eigenvalue weighted by Gasteiger charge is 2.32. The van der Waals surface area contributed by atoms with Crippen molar-refractivity contribution >= 4 is 23.1 Å². The summed E-state index contributed by atoms with van der Waals surface area (Å²) < 4.78 is 0. The van der Waals surface area contributed by atoms with E-state index < -0.39 is 5.54 Å². The highest BCUT2D eigenvalue weighted by atomic mass is 32.1. The maximum absolute atomic E-state index is 12.1. The Balaban J connectivity index is 2.91. The van der Waals surface area contributed by atoms with Crippen LogP contribution in [0.5, 0.6) is 0 Å². The summed E-state index contributed by atoms with van der Waals surface area (Å²) in [6.45, 7) is 5.68. The molecule has 0 saturated heterocycles. The Kier molecular flexibility index (Phi) is 4.72. The van der Waals surface area contributed by atoms with Crippen LogP contribution in [0.2, 0.25) is 0 Å². The molecule has 1 aromatic rings. The van der Waals surface area contributed by atoms with Crippen LogP contribution in [0, 0.1) is 6.92 Å². The molecule has 0 aliphatic heterocycles. The Hall–Kier alpha value is -1.56. The van der Waals surface area contributed by atoms with E-state index in [1.807, 2.05) is 20.8 Å². The van der Waals surface area contributed by atoms with E-state index in [0.717, 1.165) is 5.69 Å². The van der Waals surface area contributed by atoms with Gasteiger partial charge in [-0.1, -0.05) is 26.1 Å². The first-order chi connectivity index (χ1) is 8.45. The second-order valence-electron chi connectivity index (χ2n) is 4.15. The highest BCUT2D eigenvalue weighted by molar-refractivity contribution is 7.80. The lowest BCUT2D eigenvalue weighted by atomic mass is 9.92. The van der Waals surface area contributed by atoms with Crippen LogP contribution < -0.4 is 11.1 Å². The van der Waals surface area contributed by atoms with E-state index in [1.165, 1.54) is 6.20 Å². The van der Waals surface area contributed by atoms with Crippen molar-refractivity contribution < 1.29 is 4.79 Å². The molecule has 0 fully saturated rings. The van der Waals surface area contributed by atoms with Gasteiger partial charge in [-0.25, -0.2) is 4.98 Å². The molecule has 0 aromatic carbocycles. The zero-order chi connectivity index (χ0) is 13.8. The van der Waals surface area contributed by atoms with Gasteiger partial charge in [-0.05, 0) is 19.8 Å². The van der Waals surface area contributed by atoms with Gasteiger partial charge >= 0.3 is 0 Å². The van der Waals surface area contributed by atoms with Crippen molar-refractivity contribution in [2.45, 2.75) is 39.2 Å². The zero-order valence-electron chi connectivity index (χ0n) is 10.9. The number of amides is 1. The predicted octanol–water partition coefficient (Wildman–Crippen LogP) is 1.36. The fourth-order valence-electron chi connectivity index (χ4n) is 1.63. The number of carbonyl (C=O) groups excluding carboxylic acids is 1. The van der Waals surface area contributed by atoms with E-state index in [1.54, 1.807) is 6.20 Å². The first kappa shape index (κ1) is 14.5. The summed E-state index contributed by atoms with van der Waals surface area (Å²) >= 11 is 5.04. The van der Waals surface area contributed by atoms with Crippen molar-refractivity contribution in [2.75, 3.05) is 0 Å². The van der Waals surface area contributed by atoms with E-state index in [4.69, 9.17) is 18.0 Å². The molecule has 0 aliphatic carbocycles. The summed E-state index contributed by atoms with van der Waals surface area (Å²) in [5.74, 6) is -0.306. The van der Waals surface area contributed by atoms with Crippen LogP contribution >= 0.6 is 12.2 Å². The standard InChI is InChI=1S/C12H18N4OS/c1-4-12(5-2,11(13)18)16-10(17)9-7-14-8(3)6-15-9/h6-7H,4-5H2,1-3H3,(H2,13,18)(H,16,17). The number of hydrogen-bond donors (Lipinski definition) is 2. The van der Waals surface area contributed by atoms with Crippen LogP contribution in [-0.4, -0.2) is 26.4 Å². The van der Waals surface area contributed by atoms with Crippen LogP contribution in [0.25, 0.3) is 0 Å². The number of nitrogens with one attached hydrogen (secondary N) is 1. The van der Waals surface area contributed by atoms with Gasteiger partial charge < -0.3 is 11.1 Å². The predicted molar refractivity (Wildman–Crippen MR) is 74.3 cm³/mol. The maximum Gasteiger partial charge on any atom is 0.272 e. The number of hydrogen-bond acceptors (Lipinski definition) is 4. The molecule has 0 radical (unpaired) electrons. The Morgan fingerprint density at radius 2 is 2.00 bits per heavy atom. The second kappa shape index (κ2) is 5.86. The van der Waals surface area contributed by atoms with Crippen LogP contribution in [-0.2, 0) is 0 Å². The fraction of sp³-hybridized carbons (Fsp3) is 0.500. The van der Waals surface area contributed by atoms with Gasteiger partial charge in [-0.3, -0.25) is 9.78 Å². The molecule has 18 heavy (non-hydrogen) atoms. The lowest BCUT2D eigenvalue weighted by Crippen LogP contribution is -2.56. The summed E-state index contributed by atoms with van der Waals surface area (Å²) in [5, 5.41) is 2.86. The minimum Gasteiger partial charge on any atom is -0.391 e. The molecule has 1 aromatic heterocycles. The molecule has 0 atom stereocenters. The Morgan fingerprint density at radius 1 is 1.39 bits per heavy atom. The van der Waals surface area contributed by atoms with Gasteiger partial charge in [0.2, 0.25) is 0 Å². The van der Waals surface area contributed by atoms with Gasteiger partial charge in [0.1, 0.15) is 5.69 Å². The molecule has 0 saturated carbocycles. The average Bonchev–Trinajstić information content (AvgIpc) is 2.36. The van der Waals surface area contributed by atoms with Gasteiger partial charge in [0.15, 0.2) is 0 Å². The Morgan fingerprint density at radius 3 is 2.39 bits per heavy atom. The number of nitrogens with zero attached hydrogens (tertiary/aromatic N) is 2. The minimum atomic E-state index is -0.654. The van der Waals surface area contributed by atoms with Crippen molar-refractivity contribution in [2.24, 2.45) is 5.73 Å². The molecule has 98 valence electrons. The first-order valence-corrected chi connectivity index (χ1v) is 6.27. The second-order valence-corrected chi connectivity index (χ2v) is 4.59. The summed E-state index contributed by atoms with van der Waals surface area (Å²) in [5.41, 5.74) is 6.10. The molecule has 0 aliphatic rings. The molecule has 5 nitrogen and oxygen atoms in total. The van der Waals surface area contributed by atoms with Gasteiger partial charge in [-0.2, -0.15) is 0 Å². The molecule has 1 heterocycles. The van der Waals surface area contributed by atoms with Gasteiger partial charge in [0.05, 0.1) is 22.4 Å². The van der Waals surface area contributed by atoms with Crippen LogP contribution in [0.4, 0.5) is 0 Å². The van der Waals surface area contributed by atoms with E-state index in [9.17, 15) is 4.79 Å². The van der Waals surface area contributed by atoms with Crippen molar-refractivity contribution in [3.05, 3.63) is 23.8 Å². The average molecular weight is 266 g/mol. The van der Waals surface area contributed by atoms with Crippen molar-refractivity contribution in [1.82, 2.24) is 15.3 Å². The normalized spacial score (nSPS) is 11.1. The molecule has 6 heteroatoms. The van der Waals surface area contributed by atoms with E-state index in [2.05, 4.69) is 15.3 Å². The molecule has 1 amide bonds. The molecule has 0 spiro atoms. The summed E-state index contributed by atoms with van der Waals surface area (Å²) in [6.07, 6.45) is 4.28. The van der Waals surface area contributed by atoms with Crippen molar-refractivity contribution in [3.63, 3.8) is 0 Å². The quantitative estimate of drug-likeness (QED) is 0.786. The third-order valence-electron chi connectivity index (χ3n) is 3.05. The largest absolute Gasteiger partial charge is 0.391 e. The molecule has 3 N–H and O–H groups in total. The van der Waals surface area contributed by atoms with E-state index in [-0.39, 0.29) is 11.6 Å². The van der Waals surface area contributed by atoms with Gasteiger partial charge in [-0.15, -0.1) is 0 Å². The summed E-state index contributed by atoms with van der Waals surface area (Å²) in [7, 11) is 0. The Labute approximate surface area is 112 Å². The smallest absolute Gasteiger partial charge is 0.272 e.